The van der Waals surface area contributed by atoms with Gasteiger partial charge in [0.15, 0.2) is 0 Å². The summed E-state index contributed by atoms with van der Waals surface area (Å²) in [6, 6.07) is -0.148. The first kappa shape index (κ1) is 12.9. The molecular formula is C9H21N3O2S. The van der Waals surface area contributed by atoms with Crippen LogP contribution in [-0.4, -0.2) is 27.0 Å². The molecule has 15 heavy (non-hydrogen) atoms. The van der Waals surface area contributed by atoms with E-state index in [0.717, 1.165) is 32.1 Å². The summed E-state index contributed by atoms with van der Waals surface area (Å²) in [4.78, 5) is 0. The Labute approximate surface area is 92.0 Å². The van der Waals surface area contributed by atoms with Crippen LogP contribution in [0, 0.1) is 0 Å². The van der Waals surface area contributed by atoms with Crippen LogP contribution in [-0.2, 0) is 10.2 Å². The van der Waals surface area contributed by atoms with Crippen LogP contribution in [0.1, 0.15) is 39.0 Å². The van der Waals surface area contributed by atoms with Crippen molar-refractivity contribution in [1.82, 2.24) is 9.44 Å². The van der Waals surface area contributed by atoms with Crippen LogP contribution in [0.15, 0.2) is 0 Å². The van der Waals surface area contributed by atoms with Crippen molar-refractivity contribution < 1.29 is 8.42 Å². The van der Waals surface area contributed by atoms with Crippen molar-refractivity contribution in [2.24, 2.45) is 5.73 Å². The van der Waals surface area contributed by atoms with Crippen LogP contribution in [0.5, 0.6) is 0 Å². The maximum atomic E-state index is 11.5. The van der Waals surface area contributed by atoms with Gasteiger partial charge in [0.25, 0.3) is 10.2 Å². The molecule has 1 saturated carbocycles. The first-order valence-electron chi connectivity index (χ1n) is 5.57. The number of nitrogens with one attached hydrogen (secondary N) is 2. The zero-order chi connectivity index (χ0) is 11.3. The average molecular weight is 235 g/mol. The predicted octanol–water partition coefficient (Wildman–Crippen LogP) is 0.0903. The second-order valence-corrected chi connectivity index (χ2v) is 5.60. The van der Waals surface area contributed by atoms with Crippen LogP contribution in [0.4, 0.5) is 0 Å². The fourth-order valence-corrected chi connectivity index (χ4v) is 3.03. The van der Waals surface area contributed by atoms with Crippen molar-refractivity contribution in [3.05, 3.63) is 0 Å². The summed E-state index contributed by atoms with van der Waals surface area (Å²) < 4.78 is 28.1. The van der Waals surface area contributed by atoms with E-state index in [4.69, 9.17) is 5.73 Å². The van der Waals surface area contributed by atoms with E-state index in [-0.39, 0.29) is 12.1 Å². The van der Waals surface area contributed by atoms with Gasteiger partial charge in [0.2, 0.25) is 0 Å². The predicted molar refractivity (Wildman–Crippen MR) is 60.6 cm³/mol. The van der Waals surface area contributed by atoms with Crippen molar-refractivity contribution in [3.63, 3.8) is 0 Å². The number of rotatable bonds is 5. The third-order valence-corrected chi connectivity index (χ3v) is 3.87. The van der Waals surface area contributed by atoms with Gasteiger partial charge in [-0.1, -0.05) is 19.8 Å². The quantitative estimate of drug-likeness (QED) is 0.631. The third kappa shape index (κ3) is 4.46. The smallest absolute Gasteiger partial charge is 0.277 e. The minimum atomic E-state index is -3.36. The standard InChI is InChI=1S/C9H21N3O2S/c1-2-7-11-15(13,14)12-9-6-4-3-5-8(9)10/h8-9,11-12H,2-7,10H2,1H3/t8-,9-/m1/s1. The zero-order valence-corrected chi connectivity index (χ0v) is 10.0. The molecule has 0 aromatic rings. The Bertz CT molecular complexity index is 279. The molecule has 0 aromatic carbocycles. The molecular weight excluding hydrogens is 214 g/mol. The first-order chi connectivity index (χ1) is 7.05. The molecule has 0 bridgehead atoms. The number of nitrogens with two attached hydrogens (primary N) is 1. The Balaban J connectivity index is 2.44. The van der Waals surface area contributed by atoms with Crippen molar-refractivity contribution in [2.75, 3.05) is 6.54 Å². The van der Waals surface area contributed by atoms with E-state index in [9.17, 15) is 8.42 Å². The summed E-state index contributed by atoms with van der Waals surface area (Å²) in [5.41, 5.74) is 5.86. The van der Waals surface area contributed by atoms with Gasteiger partial charge in [-0.15, -0.1) is 0 Å². The zero-order valence-electron chi connectivity index (χ0n) is 9.20. The van der Waals surface area contributed by atoms with Crippen molar-refractivity contribution in [2.45, 2.75) is 51.1 Å². The van der Waals surface area contributed by atoms with E-state index in [1.165, 1.54) is 0 Å². The van der Waals surface area contributed by atoms with Crippen molar-refractivity contribution >= 4 is 10.2 Å². The number of hydrogen-bond donors (Lipinski definition) is 3. The molecule has 5 nitrogen and oxygen atoms in total. The highest BCUT2D eigenvalue weighted by atomic mass is 32.2. The molecule has 1 aliphatic rings. The van der Waals surface area contributed by atoms with Crippen LogP contribution in [0.2, 0.25) is 0 Å². The van der Waals surface area contributed by atoms with E-state index in [0.29, 0.717) is 6.54 Å². The lowest BCUT2D eigenvalue weighted by atomic mass is 9.92. The van der Waals surface area contributed by atoms with Gasteiger partial charge in [0.1, 0.15) is 0 Å². The van der Waals surface area contributed by atoms with Crippen molar-refractivity contribution in [3.8, 4) is 0 Å². The molecule has 0 unspecified atom stereocenters. The summed E-state index contributed by atoms with van der Waals surface area (Å²) in [5.74, 6) is 0. The van der Waals surface area contributed by atoms with E-state index in [1.54, 1.807) is 0 Å². The minimum absolute atomic E-state index is 0.0445. The molecule has 0 heterocycles. The molecule has 0 amide bonds. The van der Waals surface area contributed by atoms with Gasteiger partial charge in [0.05, 0.1) is 0 Å². The molecule has 4 N–H and O–H groups in total. The molecule has 1 rings (SSSR count). The lowest BCUT2D eigenvalue weighted by Gasteiger charge is -2.28. The molecule has 2 atom stereocenters. The van der Waals surface area contributed by atoms with Gasteiger partial charge in [-0.25, -0.2) is 4.72 Å². The Hall–Kier alpha value is -0.170. The van der Waals surface area contributed by atoms with Gasteiger partial charge < -0.3 is 5.73 Å². The fourth-order valence-electron chi connectivity index (χ4n) is 1.78. The molecule has 0 aromatic heterocycles. The SMILES string of the molecule is CCCNS(=O)(=O)N[C@@H]1CCCC[C@H]1N. The van der Waals surface area contributed by atoms with Crippen LogP contribution in [0.3, 0.4) is 0 Å². The van der Waals surface area contributed by atoms with Gasteiger partial charge >= 0.3 is 0 Å². The molecule has 0 saturated heterocycles. The van der Waals surface area contributed by atoms with E-state index in [1.807, 2.05) is 6.92 Å². The molecule has 90 valence electrons. The highest BCUT2D eigenvalue weighted by Gasteiger charge is 2.25. The van der Waals surface area contributed by atoms with Crippen LogP contribution < -0.4 is 15.2 Å². The average Bonchev–Trinajstić information content (AvgIpc) is 2.18. The van der Waals surface area contributed by atoms with Gasteiger partial charge in [-0.3, -0.25) is 0 Å². The fraction of sp³-hybridized carbons (Fsp3) is 1.00. The maximum absolute atomic E-state index is 11.5. The minimum Gasteiger partial charge on any atom is -0.326 e. The molecule has 0 spiro atoms. The Morgan fingerprint density at radius 3 is 2.60 bits per heavy atom. The van der Waals surface area contributed by atoms with Crippen LogP contribution >= 0.6 is 0 Å². The largest absolute Gasteiger partial charge is 0.326 e. The van der Waals surface area contributed by atoms with E-state index >= 15 is 0 Å². The van der Waals surface area contributed by atoms with Gasteiger partial charge in [0, 0.05) is 18.6 Å². The van der Waals surface area contributed by atoms with Crippen molar-refractivity contribution in [1.29, 1.82) is 0 Å². The lowest BCUT2D eigenvalue weighted by Crippen LogP contribution is -2.52. The van der Waals surface area contributed by atoms with E-state index in [2.05, 4.69) is 9.44 Å². The molecule has 0 aliphatic heterocycles. The summed E-state index contributed by atoms with van der Waals surface area (Å²) in [5, 5.41) is 0. The third-order valence-electron chi connectivity index (χ3n) is 2.67. The summed E-state index contributed by atoms with van der Waals surface area (Å²) in [7, 11) is -3.36. The Morgan fingerprint density at radius 2 is 2.00 bits per heavy atom. The molecule has 6 heteroatoms. The highest BCUT2D eigenvalue weighted by molar-refractivity contribution is 7.87. The maximum Gasteiger partial charge on any atom is 0.277 e. The summed E-state index contributed by atoms with van der Waals surface area (Å²) in [6.07, 6.45) is 4.68. The number of hydrogen-bond acceptors (Lipinski definition) is 3. The highest BCUT2D eigenvalue weighted by Crippen LogP contribution is 2.17. The first-order valence-corrected chi connectivity index (χ1v) is 7.06. The van der Waals surface area contributed by atoms with Gasteiger partial charge in [-0.05, 0) is 19.3 Å². The summed E-state index contributed by atoms with van der Waals surface area (Å²) >= 11 is 0. The second-order valence-electron chi connectivity index (χ2n) is 4.07. The lowest BCUT2D eigenvalue weighted by molar-refractivity contribution is 0.360. The van der Waals surface area contributed by atoms with Crippen LogP contribution in [0.25, 0.3) is 0 Å². The van der Waals surface area contributed by atoms with Gasteiger partial charge in [-0.2, -0.15) is 13.1 Å². The topological polar surface area (TPSA) is 84.2 Å². The summed E-state index contributed by atoms with van der Waals surface area (Å²) in [6.45, 7) is 2.39. The van der Waals surface area contributed by atoms with E-state index < -0.39 is 10.2 Å². The monoisotopic (exact) mass is 235 g/mol. The normalized spacial score (nSPS) is 27.9. The Kier molecular flexibility index (Phi) is 4.98. The second kappa shape index (κ2) is 5.79. The molecule has 1 aliphatic carbocycles. The molecule has 0 radical (unpaired) electrons. The molecule has 1 fully saturated rings. The Morgan fingerprint density at radius 1 is 1.33 bits per heavy atom.